The molecule has 0 aromatic heterocycles. The molecular formula is C10H13IO. The zero-order chi connectivity index (χ0) is 9.14. The molecule has 0 amide bonds. The molecule has 0 fully saturated rings. The van der Waals surface area contributed by atoms with Gasteiger partial charge in [0, 0.05) is 0 Å². The van der Waals surface area contributed by atoms with E-state index in [1.165, 1.54) is 11.1 Å². The Labute approximate surface area is 86.9 Å². The van der Waals surface area contributed by atoms with E-state index in [9.17, 15) is 5.11 Å². The lowest BCUT2D eigenvalue weighted by molar-refractivity contribution is 0.197. The molecule has 66 valence electrons. The molecule has 1 N–H and O–H groups in total. The summed E-state index contributed by atoms with van der Waals surface area (Å²) in [5, 5.41) is 9.36. The molecule has 0 aliphatic carbocycles. The van der Waals surface area contributed by atoms with Crippen molar-refractivity contribution in [1.29, 1.82) is 0 Å². The summed E-state index contributed by atoms with van der Waals surface area (Å²) in [4.78, 5) is 0. The Balaban J connectivity index is 2.88. The first-order chi connectivity index (χ1) is 5.61. The first kappa shape index (κ1) is 9.99. The fourth-order valence-electron chi connectivity index (χ4n) is 1.12. The van der Waals surface area contributed by atoms with Crippen molar-refractivity contribution in [3.63, 3.8) is 0 Å². The molecule has 1 aromatic rings. The van der Waals surface area contributed by atoms with Crippen LogP contribution < -0.4 is 0 Å². The van der Waals surface area contributed by atoms with E-state index in [2.05, 4.69) is 47.7 Å². The van der Waals surface area contributed by atoms with Crippen LogP contribution in [0.5, 0.6) is 0 Å². The van der Waals surface area contributed by atoms with Crippen molar-refractivity contribution < 1.29 is 5.11 Å². The van der Waals surface area contributed by atoms with E-state index in [0.717, 1.165) is 0 Å². The Kier molecular flexibility index (Phi) is 3.53. The second-order valence-electron chi connectivity index (χ2n) is 3.06. The minimum Gasteiger partial charge on any atom is -0.392 e. The van der Waals surface area contributed by atoms with Crippen molar-refractivity contribution in [2.45, 2.75) is 23.9 Å². The molecule has 1 rings (SSSR count). The molecule has 2 heteroatoms. The van der Waals surface area contributed by atoms with E-state index in [4.69, 9.17) is 0 Å². The highest BCUT2D eigenvalue weighted by molar-refractivity contribution is 14.1. The largest absolute Gasteiger partial charge is 0.392 e. The van der Waals surface area contributed by atoms with Gasteiger partial charge in [0.1, 0.15) is 0 Å². The smallest absolute Gasteiger partial charge is 0.0670 e. The lowest BCUT2D eigenvalue weighted by atomic mass is 10.1. The van der Waals surface area contributed by atoms with E-state index in [1.807, 2.05) is 13.0 Å². The van der Waals surface area contributed by atoms with Crippen LogP contribution in [0.2, 0.25) is 0 Å². The number of aliphatic hydroxyl groups excluding tert-OH is 1. The van der Waals surface area contributed by atoms with Gasteiger partial charge in [-0.05, 0) is 19.4 Å². The Hall–Kier alpha value is -0.0900. The SMILES string of the molecule is Cc1cccc([C@H](I)[C@H](C)O)c1. The molecule has 0 unspecified atom stereocenters. The van der Waals surface area contributed by atoms with Gasteiger partial charge in [0.2, 0.25) is 0 Å². The summed E-state index contributed by atoms with van der Waals surface area (Å²) in [6.45, 7) is 3.88. The lowest BCUT2D eigenvalue weighted by Gasteiger charge is -2.13. The first-order valence-electron chi connectivity index (χ1n) is 4.00. The molecule has 0 heterocycles. The van der Waals surface area contributed by atoms with Crippen molar-refractivity contribution in [2.24, 2.45) is 0 Å². The van der Waals surface area contributed by atoms with Crippen molar-refractivity contribution in [2.75, 3.05) is 0 Å². The summed E-state index contributed by atoms with van der Waals surface area (Å²) in [5.41, 5.74) is 2.44. The molecule has 0 saturated carbocycles. The second kappa shape index (κ2) is 4.23. The number of hydrogen-bond donors (Lipinski definition) is 1. The molecular weight excluding hydrogens is 263 g/mol. The standard InChI is InChI=1S/C10H13IO/c1-7-4-3-5-9(6-7)10(11)8(2)12/h3-6,8,10,12H,1-2H3/t8-,10+/m0/s1. The minimum absolute atomic E-state index is 0.197. The zero-order valence-electron chi connectivity index (χ0n) is 7.29. The third kappa shape index (κ3) is 2.45. The van der Waals surface area contributed by atoms with Crippen LogP contribution in [0.15, 0.2) is 24.3 Å². The zero-order valence-corrected chi connectivity index (χ0v) is 9.45. The third-order valence-electron chi connectivity index (χ3n) is 1.78. The predicted molar refractivity (Wildman–Crippen MR) is 59.6 cm³/mol. The number of aliphatic hydroxyl groups is 1. The molecule has 0 saturated heterocycles. The maximum Gasteiger partial charge on any atom is 0.0670 e. The molecule has 1 nitrogen and oxygen atoms in total. The number of benzene rings is 1. The normalized spacial score (nSPS) is 15.7. The molecule has 0 spiro atoms. The van der Waals surface area contributed by atoms with Crippen LogP contribution in [0.1, 0.15) is 22.0 Å². The average Bonchev–Trinajstić information content (AvgIpc) is 2.03. The Morgan fingerprint density at radius 1 is 1.42 bits per heavy atom. The van der Waals surface area contributed by atoms with Gasteiger partial charge in [-0.25, -0.2) is 0 Å². The lowest BCUT2D eigenvalue weighted by Crippen LogP contribution is -2.07. The summed E-state index contributed by atoms with van der Waals surface area (Å²) in [7, 11) is 0. The van der Waals surface area contributed by atoms with Crippen LogP contribution in [0.25, 0.3) is 0 Å². The van der Waals surface area contributed by atoms with Crippen molar-refractivity contribution in [3.8, 4) is 0 Å². The van der Waals surface area contributed by atoms with E-state index in [-0.39, 0.29) is 10.0 Å². The summed E-state index contributed by atoms with van der Waals surface area (Å²) in [6, 6.07) is 8.26. The fourth-order valence-corrected chi connectivity index (χ4v) is 1.51. The van der Waals surface area contributed by atoms with Crippen LogP contribution in [-0.2, 0) is 0 Å². The fraction of sp³-hybridized carbons (Fsp3) is 0.400. The molecule has 0 aliphatic rings. The molecule has 1 aromatic carbocycles. The minimum atomic E-state index is -0.285. The molecule has 12 heavy (non-hydrogen) atoms. The maximum atomic E-state index is 9.36. The highest BCUT2D eigenvalue weighted by atomic mass is 127. The second-order valence-corrected chi connectivity index (χ2v) is 4.40. The summed E-state index contributed by atoms with van der Waals surface area (Å²) in [5.74, 6) is 0. The Morgan fingerprint density at radius 2 is 2.08 bits per heavy atom. The Morgan fingerprint density at radius 3 is 2.58 bits per heavy atom. The molecule has 0 bridgehead atoms. The van der Waals surface area contributed by atoms with Crippen LogP contribution in [0.4, 0.5) is 0 Å². The number of hydrogen-bond acceptors (Lipinski definition) is 1. The highest BCUT2D eigenvalue weighted by Crippen LogP contribution is 2.27. The maximum absolute atomic E-state index is 9.36. The van der Waals surface area contributed by atoms with Gasteiger partial charge in [-0.1, -0.05) is 52.4 Å². The molecule has 0 aliphatic heterocycles. The van der Waals surface area contributed by atoms with Crippen LogP contribution in [0.3, 0.4) is 0 Å². The van der Waals surface area contributed by atoms with Gasteiger partial charge in [-0.15, -0.1) is 0 Å². The van der Waals surface area contributed by atoms with Crippen molar-refractivity contribution in [3.05, 3.63) is 35.4 Å². The number of rotatable bonds is 2. The van der Waals surface area contributed by atoms with Gasteiger partial charge >= 0.3 is 0 Å². The van der Waals surface area contributed by atoms with E-state index in [1.54, 1.807) is 0 Å². The highest BCUT2D eigenvalue weighted by Gasteiger charge is 2.12. The van der Waals surface area contributed by atoms with E-state index < -0.39 is 0 Å². The van der Waals surface area contributed by atoms with Gasteiger partial charge in [0.25, 0.3) is 0 Å². The van der Waals surface area contributed by atoms with Gasteiger partial charge in [-0.3, -0.25) is 0 Å². The van der Waals surface area contributed by atoms with E-state index in [0.29, 0.717) is 0 Å². The monoisotopic (exact) mass is 276 g/mol. The Bertz CT molecular complexity index is 258. The van der Waals surface area contributed by atoms with Crippen molar-refractivity contribution in [1.82, 2.24) is 0 Å². The van der Waals surface area contributed by atoms with Gasteiger partial charge in [0.15, 0.2) is 0 Å². The van der Waals surface area contributed by atoms with Crippen LogP contribution >= 0.6 is 22.6 Å². The third-order valence-corrected chi connectivity index (χ3v) is 3.54. The average molecular weight is 276 g/mol. The van der Waals surface area contributed by atoms with Crippen LogP contribution in [-0.4, -0.2) is 11.2 Å². The first-order valence-corrected chi connectivity index (χ1v) is 5.24. The predicted octanol–water partition coefficient (Wildman–Crippen LogP) is 2.85. The number of aryl methyl sites for hydroxylation is 1. The van der Waals surface area contributed by atoms with Gasteiger partial charge in [-0.2, -0.15) is 0 Å². The molecule has 0 radical (unpaired) electrons. The van der Waals surface area contributed by atoms with Gasteiger partial charge < -0.3 is 5.11 Å². The number of halogens is 1. The quantitative estimate of drug-likeness (QED) is 0.650. The summed E-state index contributed by atoms with van der Waals surface area (Å²) in [6.07, 6.45) is -0.285. The van der Waals surface area contributed by atoms with E-state index >= 15 is 0 Å². The summed E-state index contributed by atoms with van der Waals surface area (Å²) >= 11 is 2.26. The van der Waals surface area contributed by atoms with Crippen molar-refractivity contribution >= 4 is 22.6 Å². The summed E-state index contributed by atoms with van der Waals surface area (Å²) < 4.78 is 0.197. The topological polar surface area (TPSA) is 20.2 Å². The van der Waals surface area contributed by atoms with Crippen LogP contribution in [0, 0.1) is 6.92 Å². The molecule has 2 atom stereocenters. The number of alkyl halides is 1. The van der Waals surface area contributed by atoms with Gasteiger partial charge in [0.05, 0.1) is 10.0 Å².